The van der Waals surface area contributed by atoms with Crippen molar-refractivity contribution in [3.63, 3.8) is 0 Å². The molecule has 32 heavy (non-hydrogen) atoms. The second kappa shape index (κ2) is 10.9. The summed E-state index contributed by atoms with van der Waals surface area (Å²) in [6.45, 7) is 5.86. The Kier molecular flexibility index (Phi) is 8.95. The fourth-order valence-electron chi connectivity index (χ4n) is 3.78. The molecule has 0 saturated carbocycles. The van der Waals surface area contributed by atoms with Crippen molar-refractivity contribution in [2.45, 2.75) is 19.3 Å². The average molecular weight is 544 g/mol. The molecular weight excluding hydrogens is 519 g/mol. The first kappa shape index (κ1) is 26.2. The molecule has 1 N–H and O–H groups in total. The van der Waals surface area contributed by atoms with E-state index in [0.717, 1.165) is 5.56 Å². The van der Waals surface area contributed by atoms with Crippen LogP contribution in [0.3, 0.4) is 0 Å². The average Bonchev–Trinajstić information content (AvgIpc) is 2.78. The maximum atomic E-state index is 13.5. The van der Waals surface area contributed by atoms with Crippen LogP contribution < -0.4 is 10.6 Å². The van der Waals surface area contributed by atoms with Crippen molar-refractivity contribution in [3.8, 4) is 0 Å². The van der Waals surface area contributed by atoms with Crippen molar-refractivity contribution in [3.05, 3.63) is 70.3 Å². The fraction of sp³-hybridized carbons (Fsp3) is 0.304. The minimum atomic E-state index is -3.58. The van der Waals surface area contributed by atoms with Gasteiger partial charge in [0.1, 0.15) is 0 Å². The van der Waals surface area contributed by atoms with Crippen LogP contribution >= 0.6 is 19.4 Å². The zero-order chi connectivity index (χ0) is 23.5. The molecule has 3 rings (SSSR count). The van der Waals surface area contributed by atoms with Crippen LogP contribution in [0.5, 0.6) is 0 Å². The van der Waals surface area contributed by atoms with E-state index < -0.39 is 6.08 Å². The first-order valence-electron chi connectivity index (χ1n) is 10.4. The van der Waals surface area contributed by atoms with Crippen molar-refractivity contribution in [2.24, 2.45) is 0 Å². The predicted octanol–water partition coefficient (Wildman–Crippen LogP) is 4.41. The molecule has 0 saturated heterocycles. The fourth-order valence-corrected chi connectivity index (χ4v) is 7.79. The maximum absolute atomic E-state index is 13.5. The van der Waals surface area contributed by atoms with Gasteiger partial charge in [0, 0.05) is 0 Å². The molecule has 9 heteroatoms. The van der Waals surface area contributed by atoms with Gasteiger partial charge in [0.15, 0.2) is 0 Å². The molecule has 0 heterocycles. The molecule has 1 aliphatic rings. The predicted molar refractivity (Wildman–Crippen MR) is 130 cm³/mol. The van der Waals surface area contributed by atoms with Gasteiger partial charge in [-0.1, -0.05) is 0 Å². The summed E-state index contributed by atoms with van der Waals surface area (Å²) >= 11 is 1.18. The van der Waals surface area contributed by atoms with Gasteiger partial charge in [-0.25, -0.2) is 0 Å². The summed E-state index contributed by atoms with van der Waals surface area (Å²) in [6.07, 6.45) is 1.81. The van der Waals surface area contributed by atoms with E-state index in [1.165, 1.54) is 11.8 Å². The van der Waals surface area contributed by atoms with Crippen molar-refractivity contribution in [2.75, 3.05) is 24.8 Å². The van der Waals surface area contributed by atoms with Gasteiger partial charge in [-0.2, -0.15) is 0 Å². The third-order valence-electron chi connectivity index (χ3n) is 5.34. The number of anilines is 1. The summed E-state index contributed by atoms with van der Waals surface area (Å²) in [5, 5.41) is 4.01. The minimum absolute atomic E-state index is 0.0943. The van der Waals surface area contributed by atoms with Gasteiger partial charge in [-0.15, -0.1) is 0 Å². The number of fused-ring (bicyclic) bond motifs is 1. The van der Waals surface area contributed by atoms with Crippen LogP contribution in [0.2, 0.25) is 0 Å². The van der Waals surface area contributed by atoms with Gasteiger partial charge in [0.2, 0.25) is 0 Å². The molecule has 1 unspecified atom stereocenters. The van der Waals surface area contributed by atoms with Crippen LogP contribution in [0.25, 0.3) is 0 Å². The normalized spacial score (nSPS) is 20.2. The van der Waals surface area contributed by atoms with E-state index in [4.69, 9.17) is 9.05 Å². The van der Waals surface area contributed by atoms with Gasteiger partial charge in [-0.3, -0.25) is 0 Å². The number of para-hydroxylation sites is 1. The topological polar surface area (TPSA) is 81.7 Å². The molecule has 2 aromatic rings. The van der Waals surface area contributed by atoms with E-state index in [0.29, 0.717) is 21.6 Å². The van der Waals surface area contributed by atoms with Crippen molar-refractivity contribution < 1.29 is 23.2 Å². The number of carbonyl (C=O) groups is 2. The number of thioether (sulfide) groups is 1. The Bertz CT molecular complexity index is 1120. The number of benzene rings is 2. The summed E-state index contributed by atoms with van der Waals surface area (Å²) < 4.78 is 23.8. The third kappa shape index (κ3) is 5.01. The quantitative estimate of drug-likeness (QED) is 0.300. The molecule has 6 nitrogen and oxygen atoms in total. The van der Waals surface area contributed by atoms with Crippen LogP contribution in [-0.2, 0) is 16.9 Å². The molecular formula is C23H25NO5PRbS. The van der Waals surface area contributed by atoms with Gasteiger partial charge in [-0.05, 0) is 0 Å². The zero-order valence-electron chi connectivity index (χ0n) is 18.9. The summed E-state index contributed by atoms with van der Waals surface area (Å²) in [7, 11) is -3.58. The summed E-state index contributed by atoms with van der Waals surface area (Å²) in [4.78, 5) is 26.9. The third-order valence-corrected chi connectivity index (χ3v) is 10.7. The zero-order valence-corrected chi connectivity index (χ0v) is 25.6. The van der Waals surface area contributed by atoms with E-state index >= 15 is 0 Å². The Morgan fingerprint density at radius 1 is 1.06 bits per heavy atom. The van der Waals surface area contributed by atoms with Crippen LogP contribution in [0.4, 0.5) is 5.69 Å². The molecule has 2 aromatic carbocycles. The van der Waals surface area contributed by atoms with Gasteiger partial charge >= 0.3 is 235 Å². The molecule has 0 fully saturated rings. The van der Waals surface area contributed by atoms with E-state index in [1.807, 2.05) is 25.1 Å². The molecule has 0 amide bonds. The number of carbonyl (C=O) groups excluding carboxylic acids is 2. The van der Waals surface area contributed by atoms with Crippen molar-refractivity contribution in [1.82, 2.24) is 0 Å². The number of hydrogen-bond acceptors (Lipinski definition) is 7. The number of allylic oxidation sites excluding steroid dienone is 1. The van der Waals surface area contributed by atoms with Gasteiger partial charge in [0.25, 0.3) is 0 Å². The SMILES string of the molecule is CCOP(=O)(OCC)c1ccccc1N/C(SC)=C1/C(=O)c2ccccc2[C](C)([Rb])C1=O. The Labute approximate surface area is 232 Å². The first-order valence-corrected chi connectivity index (χ1v) is 15.7. The number of rotatable bonds is 8. The molecule has 0 spiro atoms. The Balaban J connectivity index is 2.15. The summed E-state index contributed by atoms with van der Waals surface area (Å²) in [5.41, 5.74) is 2.01. The monoisotopic (exact) mass is 543 g/mol. The first-order chi connectivity index (χ1) is 15.2. The van der Waals surface area contributed by atoms with Crippen LogP contribution in [0.1, 0.15) is 36.7 Å². The van der Waals surface area contributed by atoms with Gasteiger partial charge in [0.05, 0.1) is 0 Å². The van der Waals surface area contributed by atoms with Gasteiger partial charge < -0.3 is 0 Å². The van der Waals surface area contributed by atoms with Crippen molar-refractivity contribution in [1.29, 1.82) is 0 Å². The number of nitrogens with one attached hydrogen (secondary N) is 1. The van der Waals surface area contributed by atoms with E-state index in [2.05, 4.69) is 5.32 Å². The van der Waals surface area contributed by atoms with Crippen LogP contribution in [-0.4, -0.2) is 86.6 Å². The second-order valence-corrected chi connectivity index (χ2v) is 15.4. The van der Waals surface area contributed by atoms with Crippen LogP contribution in [0.15, 0.2) is 59.1 Å². The molecule has 1 atom stereocenters. The number of Topliss-reactive ketones (excluding diaryl/α,β-unsaturated/α-hetero) is 2. The van der Waals surface area contributed by atoms with Crippen LogP contribution in [0, 0.1) is 0 Å². The Hall–Kier alpha value is -0.375. The molecule has 0 radical (unpaired) electrons. The van der Waals surface area contributed by atoms with E-state index in [-0.39, 0.29) is 85.9 Å². The number of hydrogen-bond donors (Lipinski definition) is 1. The molecule has 164 valence electrons. The second-order valence-electron chi connectivity index (χ2n) is 7.71. The molecule has 1 aliphatic carbocycles. The van der Waals surface area contributed by atoms with E-state index in [1.54, 1.807) is 50.4 Å². The van der Waals surface area contributed by atoms with E-state index in [9.17, 15) is 14.2 Å². The molecule has 0 aromatic heterocycles. The molecule has 0 aliphatic heterocycles. The Morgan fingerprint density at radius 2 is 1.66 bits per heavy atom. The molecule has 0 bridgehead atoms. The summed E-state index contributed by atoms with van der Waals surface area (Å²) in [5.74, 6) is -0.451. The standard InChI is InChI=1S/C23H25NO5PS.Rb/c1-5-28-30(27,29-6-2)19-14-10-9-13-18(19)24-23(31-4)20-21(25)15(3)16-11-7-8-12-17(16)22(20)26;/h7-14,24H,5-6H2,1-4H3;/b23-20-;. The van der Waals surface area contributed by atoms with Crippen molar-refractivity contribution >= 4 is 97.5 Å². The summed E-state index contributed by atoms with van der Waals surface area (Å²) in [6, 6.07) is 14.3. The number of ketones is 2. The Morgan fingerprint density at radius 3 is 2.28 bits per heavy atom.